The Hall–Kier alpha value is -0.500. The molecule has 0 aromatic rings. The van der Waals surface area contributed by atoms with Gasteiger partial charge in [0.2, 0.25) is 0 Å². The molecule has 4 bridgehead atoms. The van der Waals surface area contributed by atoms with Gasteiger partial charge in [-0.15, -0.1) is 11.6 Å². The summed E-state index contributed by atoms with van der Waals surface area (Å²) >= 11 is 6.65. The molecule has 4 atom stereocenters. The molecule has 4 aliphatic carbocycles. The van der Waals surface area contributed by atoms with Gasteiger partial charge in [-0.1, -0.05) is 11.7 Å². The fourth-order valence-corrected chi connectivity index (χ4v) is 4.57. The van der Waals surface area contributed by atoms with E-state index in [1.165, 1.54) is 6.42 Å². The number of rotatable bonds is 0. The quantitative estimate of drug-likeness (QED) is 0.383. The minimum absolute atomic E-state index is 0.0358. The number of allylic oxidation sites excluding steroid dienone is 1. The number of fused-ring (bicyclic) bond motifs is 1. The van der Waals surface area contributed by atoms with E-state index in [-0.39, 0.29) is 4.87 Å². The second-order valence-corrected chi connectivity index (χ2v) is 6.31. The lowest BCUT2D eigenvalue weighted by atomic mass is 9.67. The van der Waals surface area contributed by atoms with Crippen LogP contribution in [0.5, 0.6) is 0 Å². The van der Waals surface area contributed by atoms with Crippen LogP contribution in [0.15, 0.2) is 17.3 Å². The van der Waals surface area contributed by atoms with Crippen LogP contribution < -0.4 is 0 Å². The van der Waals surface area contributed by atoms with Crippen LogP contribution in [0.4, 0.5) is 0 Å². The minimum atomic E-state index is -0.0358. The molecule has 0 aromatic heterocycles. The van der Waals surface area contributed by atoms with E-state index < -0.39 is 0 Å². The predicted octanol–water partition coefficient (Wildman–Crippen LogP) is 3.19. The summed E-state index contributed by atoms with van der Waals surface area (Å²) in [5.41, 5.74) is 1.89. The van der Waals surface area contributed by atoms with Gasteiger partial charge in [0.05, 0.1) is 5.71 Å². The fraction of sp³-hybridized carbons (Fsp3) is 0.750. The Bertz CT molecular complexity index is 352. The Kier molecular flexibility index (Phi) is 1.94. The molecule has 4 fully saturated rings. The predicted molar refractivity (Wildman–Crippen MR) is 60.5 cm³/mol. The van der Waals surface area contributed by atoms with E-state index in [1.807, 2.05) is 0 Å². The molecule has 0 heterocycles. The van der Waals surface area contributed by atoms with Crippen molar-refractivity contribution in [2.45, 2.75) is 37.0 Å². The summed E-state index contributed by atoms with van der Waals surface area (Å²) in [6, 6.07) is 0. The van der Waals surface area contributed by atoms with Crippen molar-refractivity contribution in [1.82, 2.24) is 0 Å². The third-order valence-electron chi connectivity index (χ3n) is 4.43. The molecule has 3 heteroatoms. The van der Waals surface area contributed by atoms with Crippen LogP contribution in [0.3, 0.4) is 0 Å². The van der Waals surface area contributed by atoms with Crippen molar-refractivity contribution in [2.24, 2.45) is 22.9 Å². The van der Waals surface area contributed by atoms with E-state index in [9.17, 15) is 0 Å². The summed E-state index contributed by atoms with van der Waals surface area (Å²) in [6.07, 6.45) is 5.49. The zero-order chi connectivity index (χ0) is 10.6. The number of alkyl halides is 1. The van der Waals surface area contributed by atoms with Crippen molar-refractivity contribution in [2.75, 3.05) is 0 Å². The topological polar surface area (TPSA) is 32.6 Å². The van der Waals surface area contributed by atoms with E-state index in [0.29, 0.717) is 11.8 Å². The number of halogens is 1. The number of oxime groups is 1. The first-order valence-electron chi connectivity index (χ1n) is 5.71. The maximum absolute atomic E-state index is 9.10. The zero-order valence-corrected chi connectivity index (χ0v) is 9.50. The summed E-state index contributed by atoms with van der Waals surface area (Å²) in [6.45, 7) is 4.11. The fourth-order valence-electron chi connectivity index (χ4n) is 3.98. The summed E-state index contributed by atoms with van der Waals surface area (Å²) in [5.74, 6) is 1.53. The van der Waals surface area contributed by atoms with Crippen molar-refractivity contribution in [3.8, 4) is 0 Å². The highest BCUT2D eigenvalue weighted by Crippen LogP contribution is 2.56. The van der Waals surface area contributed by atoms with Crippen LogP contribution in [-0.4, -0.2) is 15.8 Å². The van der Waals surface area contributed by atoms with Crippen LogP contribution in [-0.2, 0) is 0 Å². The first-order valence-corrected chi connectivity index (χ1v) is 6.09. The number of nitrogens with zero attached hydrogens (tertiary/aromatic N) is 1. The maximum Gasteiger partial charge on any atom is 0.0856 e. The van der Waals surface area contributed by atoms with E-state index in [4.69, 9.17) is 16.8 Å². The third-order valence-corrected chi connectivity index (χ3v) is 4.89. The van der Waals surface area contributed by atoms with Crippen molar-refractivity contribution >= 4 is 17.3 Å². The average Bonchev–Trinajstić information content (AvgIpc) is 2.27. The molecule has 4 saturated carbocycles. The standard InChI is InChI=1S/C12H16ClNO/c1-7-9-2-8-3-10(11(7)14-15)6-12(13,4-8)5-9/h8-10,15H,1-6H2. The van der Waals surface area contributed by atoms with Crippen LogP contribution in [0.2, 0.25) is 0 Å². The van der Waals surface area contributed by atoms with Gasteiger partial charge in [0.1, 0.15) is 0 Å². The lowest BCUT2D eigenvalue weighted by Crippen LogP contribution is -2.39. The smallest absolute Gasteiger partial charge is 0.0856 e. The zero-order valence-electron chi connectivity index (χ0n) is 8.75. The monoisotopic (exact) mass is 225 g/mol. The highest BCUT2D eigenvalue weighted by molar-refractivity contribution is 6.24. The van der Waals surface area contributed by atoms with Gasteiger partial charge in [-0.05, 0) is 49.5 Å². The molecule has 0 aromatic carbocycles. The van der Waals surface area contributed by atoms with Crippen molar-refractivity contribution in [3.63, 3.8) is 0 Å². The minimum Gasteiger partial charge on any atom is -0.411 e. The van der Waals surface area contributed by atoms with Crippen molar-refractivity contribution in [1.29, 1.82) is 0 Å². The largest absolute Gasteiger partial charge is 0.411 e. The molecule has 0 amide bonds. The van der Waals surface area contributed by atoms with Crippen LogP contribution in [0.1, 0.15) is 32.1 Å². The van der Waals surface area contributed by atoms with Crippen LogP contribution >= 0.6 is 11.6 Å². The van der Waals surface area contributed by atoms with Gasteiger partial charge < -0.3 is 5.21 Å². The Balaban J connectivity index is 2.07. The summed E-state index contributed by atoms with van der Waals surface area (Å²) in [7, 11) is 0. The van der Waals surface area contributed by atoms with Gasteiger partial charge >= 0.3 is 0 Å². The SMILES string of the molecule is C=C1C(=NO)C2CC3CC1CC(Cl)(C3)C2. The van der Waals surface area contributed by atoms with E-state index in [1.54, 1.807) is 0 Å². The molecule has 4 rings (SSSR count). The molecule has 82 valence electrons. The third kappa shape index (κ3) is 1.34. The first-order chi connectivity index (χ1) is 7.11. The van der Waals surface area contributed by atoms with Gasteiger partial charge in [0, 0.05) is 10.8 Å². The molecule has 2 nitrogen and oxygen atoms in total. The highest BCUT2D eigenvalue weighted by Gasteiger charge is 2.51. The summed E-state index contributed by atoms with van der Waals surface area (Å²) in [5, 5.41) is 12.6. The molecule has 0 radical (unpaired) electrons. The lowest BCUT2D eigenvalue weighted by molar-refractivity contribution is 0.167. The molecule has 0 spiro atoms. The number of hydrogen-bond donors (Lipinski definition) is 1. The first kappa shape index (κ1) is 9.71. The van der Waals surface area contributed by atoms with E-state index >= 15 is 0 Å². The second kappa shape index (κ2) is 3.00. The van der Waals surface area contributed by atoms with Gasteiger partial charge in [0.25, 0.3) is 0 Å². The normalized spacial score (nSPS) is 51.1. The van der Waals surface area contributed by atoms with Crippen molar-refractivity contribution in [3.05, 3.63) is 12.2 Å². The van der Waals surface area contributed by atoms with Gasteiger partial charge in [-0.2, -0.15) is 0 Å². The summed E-state index contributed by atoms with van der Waals surface area (Å²) < 4.78 is 0. The average molecular weight is 226 g/mol. The summed E-state index contributed by atoms with van der Waals surface area (Å²) in [4.78, 5) is -0.0358. The Morgan fingerprint density at radius 1 is 1.27 bits per heavy atom. The molecule has 15 heavy (non-hydrogen) atoms. The van der Waals surface area contributed by atoms with Gasteiger partial charge in [-0.3, -0.25) is 0 Å². The molecule has 0 aliphatic heterocycles. The maximum atomic E-state index is 9.10. The Morgan fingerprint density at radius 3 is 2.60 bits per heavy atom. The lowest BCUT2D eigenvalue weighted by Gasteiger charge is -2.43. The molecular formula is C12H16ClNO. The Labute approximate surface area is 95.0 Å². The molecule has 1 N–H and O–H groups in total. The Morgan fingerprint density at radius 2 is 1.93 bits per heavy atom. The molecule has 4 aliphatic rings. The van der Waals surface area contributed by atoms with Crippen LogP contribution in [0, 0.1) is 17.8 Å². The van der Waals surface area contributed by atoms with Gasteiger partial charge in [0.15, 0.2) is 0 Å². The van der Waals surface area contributed by atoms with E-state index in [0.717, 1.165) is 42.9 Å². The highest BCUT2D eigenvalue weighted by atomic mass is 35.5. The van der Waals surface area contributed by atoms with Crippen LogP contribution in [0.25, 0.3) is 0 Å². The molecular weight excluding hydrogens is 210 g/mol. The van der Waals surface area contributed by atoms with E-state index in [2.05, 4.69) is 11.7 Å². The molecule has 4 unspecified atom stereocenters. The second-order valence-electron chi connectivity index (χ2n) is 5.51. The van der Waals surface area contributed by atoms with Crippen molar-refractivity contribution < 1.29 is 5.21 Å². The molecule has 0 saturated heterocycles. The van der Waals surface area contributed by atoms with Gasteiger partial charge in [-0.25, -0.2) is 0 Å². The number of hydrogen-bond acceptors (Lipinski definition) is 2.